The van der Waals surface area contributed by atoms with Gasteiger partial charge in [-0.2, -0.15) is 8.78 Å². The molecule has 106 valence electrons. The monoisotopic (exact) mass is 295 g/mol. The van der Waals surface area contributed by atoms with Crippen molar-refractivity contribution in [3.05, 3.63) is 34.9 Å². The topological polar surface area (TPSA) is 35.2 Å². The van der Waals surface area contributed by atoms with E-state index in [1.807, 2.05) is 0 Å². The van der Waals surface area contributed by atoms with Crippen LogP contribution in [0.25, 0.3) is 0 Å². The maximum atomic E-state index is 12.6. The Hall–Kier alpha value is -1.21. The van der Waals surface area contributed by atoms with E-state index >= 15 is 0 Å². The third-order valence-electron chi connectivity index (χ3n) is 2.50. The highest BCUT2D eigenvalue weighted by Gasteiger charge is 2.40. The Bertz CT molecular complexity index is 465. The average molecular weight is 295 g/mol. The highest BCUT2D eigenvalue weighted by molar-refractivity contribution is 7.80. The molecule has 0 aliphatic heterocycles. The number of hydrogen-bond acceptors (Lipinski definition) is 2. The highest BCUT2D eigenvalue weighted by atomic mass is 32.1. The summed E-state index contributed by atoms with van der Waals surface area (Å²) in [5, 5.41) is 0. The van der Waals surface area contributed by atoms with E-state index < -0.39 is 19.0 Å². The Labute approximate surface area is 113 Å². The zero-order valence-electron chi connectivity index (χ0n) is 10.1. The standard InChI is InChI=1S/C12H13F4NOS/c1-7-4-8(10(17)19)2-3-9(7)5-18-6-12(15,16)11(13)14/h2-4,11H,5-6H2,1H3,(H2,17,19). The summed E-state index contributed by atoms with van der Waals surface area (Å²) in [4.78, 5) is 0.222. The molecule has 0 radical (unpaired) electrons. The van der Waals surface area contributed by atoms with Crippen LogP contribution in [0.2, 0.25) is 0 Å². The van der Waals surface area contributed by atoms with Crippen molar-refractivity contribution < 1.29 is 22.3 Å². The number of benzene rings is 1. The van der Waals surface area contributed by atoms with Crippen LogP contribution in [0, 0.1) is 6.92 Å². The van der Waals surface area contributed by atoms with Crippen LogP contribution in [-0.4, -0.2) is 23.9 Å². The van der Waals surface area contributed by atoms with Crippen molar-refractivity contribution in [3.63, 3.8) is 0 Å². The number of alkyl halides is 4. The van der Waals surface area contributed by atoms with Gasteiger partial charge in [-0.3, -0.25) is 0 Å². The molecule has 2 nitrogen and oxygen atoms in total. The number of halogens is 4. The van der Waals surface area contributed by atoms with Crippen molar-refractivity contribution in [2.75, 3.05) is 6.61 Å². The number of nitrogens with two attached hydrogens (primary N) is 1. The molecule has 0 aromatic heterocycles. The third-order valence-corrected chi connectivity index (χ3v) is 2.73. The van der Waals surface area contributed by atoms with Crippen LogP contribution in [0.4, 0.5) is 17.6 Å². The summed E-state index contributed by atoms with van der Waals surface area (Å²) in [6, 6.07) is 4.93. The Balaban J connectivity index is 2.62. The molecule has 1 aromatic rings. The van der Waals surface area contributed by atoms with Gasteiger partial charge in [0, 0.05) is 5.56 Å². The summed E-state index contributed by atoms with van der Waals surface area (Å²) in [5.74, 6) is -4.13. The predicted molar refractivity (Wildman–Crippen MR) is 67.7 cm³/mol. The van der Waals surface area contributed by atoms with E-state index in [1.54, 1.807) is 25.1 Å². The molecule has 0 amide bonds. The first kappa shape index (κ1) is 15.8. The molecule has 0 saturated heterocycles. The summed E-state index contributed by atoms with van der Waals surface area (Å²) in [6.45, 7) is 0.235. The number of thiocarbonyl (C=S) groups is 1. The van der Waals surface area contributed by atoms with Crippen LogP contribution in [0.15, 0.2) is 18.2 Å². The van der Waals surface area contributed by atoms with Gasteiger partial charge in [0.1, 0.15) is 11.6 Å². The fourth-order valence-electron chi connectivity index (χ4n) is 1.37. The first-order chi connectivity index (χ1) is 8.74. The van der Waals surface area contributed by atoms with Gasteiger partial charge in [0.05, 0.1) is 6.61 Å². The van der Waals surface area contributed by atoms with Crippen LogP contribution in [0.1, 0.15) is 16.7 Å². The first-order valence-corrected chi connectivity index (χ1v) is 5.78. The highest BCUT2D eigenvalue weighted by Crippen LogP contribution is 2.23. The molecule has 0 bridgehead atoms. The molecule has 1 rings (SSSR count). The molecule has 19 heavy (non-hydrogen) atoms. The Kier molecular flexibility index (Phi) is 5.25. The Morgan fingerprint density at radius 2 is 2.05 bits per heavy atom. The second kappa shape index (κ2) is 6.29. The molecule has 0 aliphatic carbocycles. The minimum absolute atomic E-state index is 0.175. The van der Waals surface area contributed by atoms with Crippen LogP contribution in [0.5, 0.6) is 0 Å². The molecule has 0 fully saturated rings. The molecule has 7 heteroatoms. The molecule has 0 spiro atoms. The van der Waals surface area contributed by atoms with Gasteiger partial charge in [-0.1, -0.05) is 24.4 Å². The Morgan fingerprint density at radius 1 is 1.42 bits per heavy atom. The van der Waals surface area contributed by atoms with Crippen molar-refractivity contribution in [2.24, 2.45) is 5.73 Å². The van der Waals surface area contributed by atoms with Gasteiger partial charge in [0.15, 0.2) is 0 Å². The van der Waals surface area contributed by atoms with E-state index in [1.165, 1.54) is 0 Å². The average Bonchev–Trinajstić information content (AvgIpc) is 2.30. The molecule has 1 aromatic carbocycles. The van der Waals surface area contributed by atoms with Crippen LogP contribution in [-0.2, 0) is 11.3 Å². The van der Waals surface area contributed by atoms with Crippen molar-refractivity contribution in [2.45, 2.75) is 25.9 Å². The summed E-state index contributed by atoms with van der Waals surface area (Å²) in [7, 11) is 0. The molecular formula is C12H13F4NOS. The fourth-order valence-corrected chi connectivity index (χ4v) is 1.50. The maximum absolute atomic E-state index is 12.6. The lowest BCUT2D eigenvalue weighted by molar-refractivity contribution is -0.168. The quantitative estimate of drug-likeness (QED) is 0.647. The van der Waals surface area contributed by atoms with E-state index in [2.05, 4.69) is 4.74 Å². The van der Waals surface area contributed by atoms with Gasteiger partial charge in [-0.05, 0) is 24.1 Å². The van der Waals surface area contributed by atoms with E-state index in [0.717, 1.165) is 5.56 Å². The molecule has 0 heterocycles. The van der Waals surface area contributed by atoms with Crippen molar-refractivity contribution in [3.8, 4) is 0 Å². The zero-order valence-corrected chi connectivity index (χ0v) is 10.9. The van der Waals surface area contributed by atoms with E-state index in [0.29, 0.717) is 11.1 Å². The van der Waals surface area contributed by atoms with Crippen molar-refractivity contribution in [1.82, 2.24) is 0 Å². The lowest BCUT2D eigenvalue weighted by Crippen LogP contribution is -2.32. The SMILES string of the molecule is Cc1cc(C(N)=S)ccc1COCC(F)(F)C(F)F. The van der Waals surface area contributed by atoms with Gasteiger partial charge >= 0.3 is 12.3 Å². The second-order valence-electron chi connectivity index (χ2n) is 4.06. The van der Waals surface area contributed by atoms with Gasteiger partial charge in [-0.15, -0.1) is 0 Å². The zero-order chi connectivity index (χ0) is 14.6. The van der Waals surface area contributed by atoms with Gasteiger partial charge < -0.3 is 10.5 Å². The minimum atomic E-state index is -4.13. The van der Waals surface area contributed by atoms with Crippen LogP contribution < -0.4 is 5.73 Å². The number of hydrogen-bond donors (Lipinski definition) is 1. The van der Waals surface area contributed by atoms with Crippen molar-refractivity contribution in [1.29, 1.82) is 0 Å². The predicted octanol–water partition coefficient (Wildman–Crippen LogP) is 3.05. The molecule has 2 N–H and O–H groups in total. The second-order valence-corrected chi connectivity index (χ2v) is 4.50. The van der Waals surface area contributed by atoms with E-state index in [4.69, 9.17) is 18.0 Å². The van der Waals surface area contributed by atoms with E-state index in [-0.39, 0.29) is 11.6 Å². The maximum Gasteiger partial charge on any atom is 0.330 e. The molecule has 0 aliphatic rings. The summed E-state index contributed by atoms with van der Waals surface area (Å²) in [5.41, 5.74) is 7.45. The minimum Gasteiger partial charge on any atom is -0.389 e. The number of rotatable bonds is 6. The summed E-state index contributed by atoms with van der Waals surface area (Å²) < 4.78 is 53.7. The smallest absolute Gasteiger partial charge is 0.330 e. The van der Waals surface area contributed by atoms with Gasteiger partial charge in [-0.25, -0.2) is 8.78 Å². The third kappa shape index (κ3) is 4.43. The molecule has 0 unspecified atom stereocenters. The summed E-state index contributed by atoms with van der Waals surface area (Å²) in [6.07, 6.45) is -3.73. The molecule has 0 atom stereocenters. The fraction of sp³-hybridized carbons (Fsp3) is 0.417. The molecule has 0 saturated carbocycles. The summed E-state index contributed by atoms with van der Waals surface area (Å²) >= 11 is 4.79. The lowest BCUT2D eigenvalue weighted by Gasteiger charge is -2.16. The van der Waals surface area contributed by atoms with Gasteiger partial charge in [0.2, 0.25) is 0 Å². The van der Waals surface area contributed by atoms with E-state index in [9.17, 15) is 17.6 Å². The number of ether oxygens (including phenoxy) is 1. The Morgan fingerprint density at radius 3 is 2.53 bits per heavy atom. The van der Waals surface area contributed by atoms with Crippen LogP contribution >= 0.6 is 12.2 Å². The first-order valence-electron chi connectivity index (χ1n) is 5.37. The normalized spacial score (nSPS) is 11.9. The number of aryl methyl sites for hydroxylation is 1. The molecular weight excluding hydrogens is 282 g/mol. The van der Waals surface area contributed by atoms with Crippen molar-refractivity contribution >= 4 is 17.2 Å². The van der Waals surface area contributed by atoms with Crippen LogP contribution in [0.3, 0.4) is 0 Å². The largest absolute Gasteiger partial charge is 0.389 e. The van der Waals surface area contributed by atoms with Gasteiger partial charge in [0.25, 0.3) is 0 Å². The lowest BCUT2D eigenvalue weighted by atomic mass is 10.1.